The van der Waals surface area contributed by atoms with Gasteiger partial charge < -0.3 is 34.3 Å². The first-order valence-corrected chi connectivity index (χ1v) is 13.4. The summed E-state index contributed by atoms with van der Waals surface area (Å²) in [7, 11) is 0. The van der Waals surface area contributed by atoms with E-state index in [1.165, 1.54) is 0 Å². The number of likely N-dealkylation sites (tertiary alicyclic amines) is 1. The van der Waals surface area contributed by atoms with Gasteiger partial charge in [0, 0.05) is 32.0 Å². The van der Waals surface area contributed by atoms with Crippen molar-refractivity contribution in [2.24, 2.45) is 5.92 Å². The van der Waals surface area contributed by atoms with Crippen molar-refractivity contribution in [1.29, 1.82) is 0 Å². The zero-order chi connectivity index (χ0) is 26.9. The molecule has 1 saturated heterocycles. The lowest BCUT2D eigenvalue weighted by Crippen LogP contribution is -2.48. The van der Waals surface area contributed by atoms with Gasteiger partial charge in [-0.1, -0.05) is 12.1 Å². The Kier molecular flexibility index (Phi) is 9.84. The van der Waals surface area contributed by atoms with Gasteiger partial charge in [0.15, 0.2) is 11.5 Å². The van der Waals surface area contributed by atoms with E-state index in [9.17, 15) is 14.7 Å². The molecule has 1 fully saturated rings. The highest BCUT2D eigenvalue weighted by Crippen LogP contribution is 2.35. The van der Waals surface area contributed by atoms with Crippen LogP contribution in [-0.4, -0.2) is 80.6 Å². The number of carbonyl (C=O) groups is 2. The molecular formula is C29H38N2O7. The van der Waals surface area contributed by atoms with Crippen LogP contribution < -0.4 is 19.5 Å². The van der Waals surface area contributed by atoms with Gasteiger partial charge in [0.1, 0.15) is 11.3 Å². The van der Waals surface area contributed by atoms with Gasteiger partial charge in [-0.15, -0.1) is 0 Å². The number of para-hydroxylation sites is 1. The summed E-state index contributed by atoms with van der Waals surface area (Å²) in [4.78, 5) is 27.3. The van der Waals surface area contributed by atoms with Gasteiger partial charge in [0.25, 0.3) is 5.91 Å². The Morgan fingerprint density at radius 1 is 1.16 bits per heavy atom. The number of piperidine rings is 1. The summed E-state index contributed by atoms with van der Waals surface area (Å²) < 4.78 is 22.5. The van der Waals surface area contributed by atoms with Crippen molar-refractivity contribution in [2.45, 2.75) is 39.2 Å². The molecule has 0 saturated carbocycles. The predicted octanol–water partition coefficient (Wildman–Crippen LogP) is 3.21. The summed E-state index contributed by atoms with van der Waals surface area (Å²) in [6.07, 6.45) is 1.77. The third-order valence-corrected chi connectivity index (χ3v) is 6.83. The fourth-order valence-electron chi connectivity index (χ4n) is 4.83. The lowest BCUT2D eigenvalue weighted by molar-refractivity contribution is 0.0204. The van der Waals surface area contributed by atoms with Gasteiger partial charge in [0.2, 0.25) is 0 Å². The Bertz CT molecular complexity index is 1110. The van der Waals surface area contributed by atoms with E-state index < -0.39 is 6.10 Å². The number of fused-ring (bicyclic) bond motifs is 1. The van der Waals surface area contributed by atoms with Crippen LogP contribution in [0.3, 0.4) is 0 Å². The van der Waals surface area contributed by atoms with Crippen LogP contribution in [0, 0.1) is 12.8 Å². The number of aliphatic hydroxyl groups is 1. The minimum absolute atomic E-state index is 0.0245. The molecule has 0 radical (unpaired) electrons. The Morgan fingerprint density at radius 2 is 1.97 bits per heavy atom. The first-order valence-electron chi connectivity index (χ1n) is 13.4. The van der Waals surface area contributed by atoms with E-state index in [2.05, 4.69) is 10.2 Å². The molecule has 0 spiro atoms. The summed E-state index contributed by atoms with van der Waals surface area (Å²) >= 11 is 0. The molecule has 2 aromatic carbocycles. The summed E-state index contributed by atoms with van der Waals surface area (Å²) in [6, 6.07) is 10.8. The molecule has 2 aliphatic heterocycles. The first-order chi connectivity index (χ1) is 18.5. The molecule has 0 unspecified atom stereocenters. The number of amides is 1. The fourth-order valence-corrected chi connectivity index (χ4v) is 4.83. The van der Waals surface area contributed by atoms with Crippen molar-refractivity contribution in [1.82, 2.24) is 10.2 Å². The Morgan fingerprint density at radius 3 is 2.79 bits per heavy atom. The van der Waals surface area contributed by atoms with E-state index in [0.717, 1.165) is 37.9 Å². The molecule has 2 aliphatic rings. The third kappa shape index (κ3) is 7.17. The van der Waals surface area contributed by atoms with Crippen LogP contribution in [0.2, 0.25) is 0 Å². The van der Waals surface area contributed by atoms with Crippen molar-refractivity contribution in [2.75, 3.05) is 52.6 Å². The molecule has 38 heavy (non-hydrogen) atoms. The zero-order valence-electron chi connectivity index (χ0n) is 22.2. The number of carbonyl (C=O) groups excluding carboxylic acids is 2. The van der Waals surface area contributed by atoms with Crippen LogP contribution in [0.5, 0.6) is 17.2 Å². The minimum Gasteiger partial charge on any atom is -0.493 e. The Balaban J connectivity index is 1.21. The second-order valence-corrected chi connectivity index (χ2v) is 9.74. The predicted molar refractivity (Wildman–Crippen MR) is 142 cm³/mol. The number of esters is 1. The second kappa shape index (κ2) is 13.5. The van der Waals surface area contributed by atoms with Crippen molar-refractivity contribution in [3.05, 3.63) is 53.1 Å². The maximum absolute atomic E-state index is 13.0. The van der Waals surface area contributed by atoms with E-state index in [1.54, 1.807) is 25.1 Å². The standard InChI is InChI=1S/C29H38N2O7/c1-3-35-29(34)22-8-4-5-9-25(22)36-13-6-11-31-12-10-21(24(32)19-31)18-30-28(33)23-16-20(2)17-26-27(23)38-15-7-14-37-26/h4-5,8-9,16-17,21,24,32H,3,6-7,10-15,18-19H2,1-2H3,(H,30,33)/t21-,24+/m1/s1. The molecule has 206 valence electrons. The van der Waals surface area contributed by atoms with E-state index in [0.29, 0.717) is 67.9 Å². The van der Waals surface area contributed by atoms with E-state index >= 15 is 0 Å². The second-order valence-electron chi connectivity index (χ2n) is 9.74. The number of nitrogens with zero attached hydrogens (tertiary/aromatic N) is 1. The average Bonchev–Trinajstić information content (AvgIpc) is 3.15. The van der Waals surface area contributed by atoms with Gasteiger partial charge in [0.05, 0.1) is 38.1 Å². The van der Waals surface area contributed by atoms with Gasteiger partial charge in [-0.25, -0.2) is 4.79 Å². The molecule has 0 aliphatic carbocycles. The van der Waals surface area contributed by atoms with Gasteiger partial charge in [-0.05, 0) is 63.1 Å². The van der Waals surface area contributed by atoms with Crippen molar-refractivity contribution in [3.63, 3.8) is 0 Å². The first kappa shape index (κ1) is 27.7. The highest BCUT2D eigenvalue weighted by atomic mass is 16.5. The number of nitrogens with one attached hydrogen (secondary N) is 1. The molecule has 0 bridgehead atoms. The summed E-state index contributed by atoms with van der Waals surface area (Å²) in [5.41, 5.74) is 1.83. The summed E-state index contributed by atoms with van der Waals surface area (Å²) in [6.45, 7) is 8.07. The van der Waals surface area contributed by atoms with E-state index in [4.69, 9.17) is 18.9 Å². The topological polar surface area (TPSA) is 107 Å². The smallest absolute Gasteiger partial charge is 0.341 e. The third-order valence-electron chi connectivity index (χ3n) is 6.83. The number of benzene rings is 2. The van der Waals surface area contributed by atoms with Crippen molar-refractivity contribution >= 4 is 11.9 Å². The number of aryl methyl sites for hydroxylation is 1. The molecule has 1 amide bonds. The van der Waals surface area contributed by atoms with E-state index in [-0.39, 0.29) is 17.8 Å². The molecule has 9 heteroatoms. The van der Waals surface area contributed by atoms with Crippen molar-refractivity contribution < 1.29 is 33.6 Å². The van der Waals surface area contributed by atoms with Crippen LogP contribution in [0.25, 0.3) is 0 Å². The lowest BCUT2D eigenvalue weighted by atomic mass is 9.93. The number of β-amino-alcohol motifs (C(OH)–C–C–N with tert-alkyl or cyclic N) is 1. The Labute approximate surface area is 224 Å². The number of ether oxygens (including phenoxy) is 4. The fraction of sp³-hybridized carbons (Fsp3) is 0.517. The summed E-state index contributed by atoms with van der Waals surface area (Å²) in [5, 5.41) is 13.8. The Hall–Kier alpha value is -3.30. The van der Waals surface area contributed by atoms with Crippen LogP contribution in [0.1, 0.15) is 52.5 Å². The minimum atomic E-state index is -0.538. The molecule has 2 N–H and O–H groups in total. The average molecular weight is 527 g/mol. The molecule has 2 atom stereocenters. The quantitative estimate of drug-likeness (QED) is 0.359. The molecule has 9 nitrogen and oxygen atoms in total. The maximum atomic E-state index is 13.0. The number of hydrogen-bond donors (Lipinski definition) is 2. The van der Waals surface area contributed by atoms with Crippen LogP contribution in [0.15, 0.2) is 36.4 Å². The number of hydrogen-bond acceptors (Lipinski definition) is 8. The normalized spacial score (nSPS) is 19.3. The largest absolute Gasteiger partial charge is 0.493 e. The number of aliphatic hydroxyl groups excluding tert-OH is 1. The molecule has 2 aromatic rings. The van der Waals surface area contributed by atoms with Crippen LogP contribution in [0.4, 0.5) is 0 Å². The van der Waals surface area contributed by atoms with Crippen LogP contribution in [-0.2, 0) is 4.74 Å². The zero-order valence-corrected chi connectivity index (χ0v) is 22.2. The van der Waals surface area contributed by atoms with Gasteiger partial charge >= 0.3 is 5.97 Å². The van der Waals surface area contributed by atoms with Crippen LogP contribution >= 0.6 is 0 Å². The highest BCUT2D eigenvalue weighted by molar-refractivity contribution is 5.98. The number of rotatable bonds is 10. The van der Waals surface area contributed by atoms with Gasteiger partial charge in [-0.3, -0.25) is 4.79 Å². The lowest BCUT2D eigenvalue weighted by Gasteiger charge is -2.36. The van der Waals surface area contributed by atoms with E-state index in [1.807, 2.05) is 25.1 Å². The maximum Gasteiger partial charge on any atom is 0.341 e. The summed E-state index contributed by atoms with van der Waals surface area (Å²) in [5.74, 6) is 0.984. The SMILES string of the molecule is CCOC(=O)c1ccccc1OCCCN1CC[C@H](CNC(=O)c2cc(C)cc3c2OCCCO3)[C@@H](O)C1. The molecule has 4 rings (SSSR count). The molecule has 0 aromatic heterocycles. The van der Waals surface area contributed by atoms with Crippen molar-refractivity contribution in [3.8, 4) is 17.2 Å². The highest BCUT2D eigenvalue weighted by Gasteiger charge is 2.29. The van der Waals surface area contributed by atoms with Gasteiger partial charge in [-0.2, -0.15) is 0 Å². The molecular weight excluding hydrogens is 488 g/mol. The monoisotopic (exact) mass is 526 g/mol. The molecule has 2 heterocycles.